The number of hydrogen-bond donors (Lipinski definition) is 1. The molecule has 0 amide bonds. The molecule has 0 radical (unpaired) electrons. The van der Waals surface area contributed by atoms with E-state index in [1.807, 2.05) is 7.11 Å². The lowest BCUT2D eigenvalue weighted by atomic mass is 9.82. The Bertz CT molecular complexity index is 209. The van der Waals surface area contributed by atoms with Crippen LogP contribution in [0.4, 0.5) is 0 Å². The molecule has 2 nitrogen and oxygen atoms in total. The summed E-state index contributed by atoms with van der Waals surface area (Å²) in [6.45, 7) is 7.78. The van der Waals surface area contributed by atoms with E-state index in [4.69, 9.17) is 4.74 Å². The lowest BCUT2D eigenvalue weighted by molar-refractivity contribution is 0.00453. The topological polar surface area (TPSA) is 21.3 Å². The molecule has 0 heterocycles. The van der Waals surface area contributed by atoms with E-state index in [2.05, 4.69) is 26.1 Å². The summed E-state index contributed by atoms with van der Waals surface area (Å²) in [6.07, 6.45) is 10.9. The third kappa shape index (κ3) is 6.19. The van der Waals surface area contributed by atoms with Gasteiger partial charge in [0.2, 0.25) is 0 Å². The number of hydrogen-bond acceptors (Lipinski definition) is 2. The van der Waals surface area contributed by atoms with Gasteiger partial charge in [-0.3, -0.25) is 0 Å². The van der Waals surface area contributed by atoms with Gasteiger partial charge in [0.05, 0.1) is 5.60 Å². The quantitative estimate of drug-likeness (QED) is 0.704. The fraction of sp³-hybridized carbons (Fsp3) is 1.00. The standard InChI is InChI=1S/C16H33NO/c1-5-11-17-15(13-16(2,3)18-4)12-14-9-7-6-8-10-14/h14-15,17H,5-13H2,1-4H3. The van der Waals surface area contributed by atoms with Gasteiger partial charge in [-0.25, -0.2) is 0 Å². The Morgan fingerprint density at radius 3 is 2.44 bits per heavy atom. The molecule has 108 valence electrons. The fourth-order valence-corrected chi connectivity index (χ4v) is 3.09. The van der Waals surface area contributed by atoms with Crippen molar-refractivity contribution in [1.82, 2.24) is 5.32 Å². The van der Waals surface area contributed by atoms with E-state index in [-0.39, 0.29) is 5.60 Å². The van der Waals surface area contributed by atoms with Crippen molar-refractivity contribution >= 4 is 0 Å². The molecule has 0 spiro atoms. The van der Waals surface area contributed by atoms with Crippen molar-refractivity contribution in [3.05, 3.63) is 0 Å². The Balaban J connectivity index is 2.43. The molecular weight excluding hydrogens is 222 g/mol. The largest absolute Gasteiger partial charge is 0.379 e. The van der Waals surface area contributed by atoms with Crippen molar-refractivity contribution < 1.29 is 4.74 Å². The molecule has 1 fully saturated rings. The number of ether oxygens (including phenoxy) is 1. The second kappa shape index (κ2) is 8.16. The Labute approximate surface area is 114 Å². The Morgan fingerprint density at radius 1 is 1.22 bits per heavy atom. The minimum Gasteiger partial charge on any atom is -0.379 e. The first kappa shape index (κ1) is 16.0. The second-order valence-corrected chi connectivity index (χ2v) is 6.56. The summed E-state index contributed by atoms with van der Waals surface area (Å²) in [4.78, 5) is 0. The van der Waals surface area contributed by atoms with Crippen molar-refractivity contribution in [2.45, 2.75) is 83.8 Å². The van der Waals surface area contributed by atoms with Gasteiger partial charge in [0.15, 0.2) is 0 Å². The van der Waals surface area contributed by atoms with E-state index in [0.717, 1.165) is 18.9 Å². The molecule has 0 saturated heterocycles. The van der Waals surface area contributed by atoms with E-state index in [9.17, 15) is 0 Å². The summed E-state index contributed by atoms with van der Waals surface area (Å²) in [5, 5.41) is 3.73. The summed E-state index contributed by atoms with van der Waals surface area (Å²) in [5.41, 5.74) is 0.0000743. The molecule has 0 aliphatic heterocycles. The van der Waals surface area contributed by atoms with Crippen molar-refractivity contribution in [1.29, 1.82) is 0 Å². The number of rotatable bonds is 8. The van der Waals surface area contributed by atoms with Crippen LogP contribution in [0, 0.1) is 5.92 Å². The molecular formula is C16H33NO. The van der Waals surface area contributed by atoms with Crippen molar-refractivity contribution in [2.75, 3.05) is 13.7 Å². The van der Waals surface area contributed by atoms with Gasteiger partial charge in [-0.1, -0.05) is 39.0 Å². The highest BCUT2D eigenvalue weighted by Gasteiger charge is 2.25. The number of nitrogens with one attached hydrogen (secondary N) is 1. The maximum absolute atomic E-state index is 5.60. The van der Waals surface area contributed by atoms with Crippen LogP contribution in [-0.4, -0.2) is 25.3 Å². The predicted molar refractivity (Wildman–Crippen MR) is 79.0 cm³/mol. The molecule has 1 aliphatic rings. The van der Waals surface area contributed by atoms with E-state index in [0.29, 0.717) is 6.04 Å². The first-order valence-electron chi connectivity index (χ1n) is 7.86. The SMILES string of the molecule is CCCNC(CC1CCCCC1)CC(C)(C)OC. The van der Waals surface area contributed by atoms with Gasteiger partial charge < -0.3 is 10.1 Å². The van der Waals surface area contributed by atoms with Crippen molar-refractivity contribution in [3.63, 3.8) is 0 Å². The molecule has 18 heavy (non-hydrogen) atoms. The van der Waals surface area contributed by atoms with Gasteiger partial charge in [0.1, 0.15) is 0 Å². The number of methoxy groups -OCH3 is 1. The molecule has 1 atom stereocenters. The Kier molecular flexibility index (Phi) is 7.25. The normalized spacial score (nSPS) is 20.0. The van der Waals surface area contributed by atoms with Gasteiger partial charge >= 0.3 is 0 Å². The van der Waals surface area contributed by atoms with E-state index in [1.165, 1.54) is 44.9 Å². The van der Waals surface area contributed by atoms with E-state index in [1.54, 1.807) is 0 Å². The summed E-state index contributed by atoms with van der Waals surface area (Å²) >= 11 is 0. The molecule has 0 aromatic carbocycles. The van der Waals surface area contributed by atoms with Crippen LogP contribution in [0.5, 0.6) is 0 Å². The van der Waals surface area contributed by atoms with Crippen LogP contribution in [0.15, 0.2) is 0 Å². The maximum atomic E-state index is 5.60. The first-order valence-corrected chi connectivity index (χ1v) is 7.86. The average Bonchev–Trinajstić information content (AvgIpc) is 2.37. The van der Waals surface area contributed by atoms with Gasteiger partial charge in [0.25, 0.3) is 0 Å². The van der Waals surface area contributed by atoms with Crippen LogP contribution in [0.2, 0.25) is 0 Å². The molecule has 1 saturated carbocycles. The molecule has 1 unspecified atom stereocenters. The highest BCUT2D eigenvalue weighted by molar-refractivity contribution is 4.81. The summed E-state index contributed by atoms with van der Waals surface area (Å²) in [6, 6.07) is 0.628. The molecule has 0 aromatic rings. The zero-order valence-corrected chi connectivity index (χ0v) is 12.9. The van der Waals surface area contributed by atoms with Gasteiger partial charge in [-0.05, 0) is 45.6 Å². The minimum absolute atomic E-state index is 0.0000743. The molecule has 1 rings (SSSR count). The van der Waals surface area contributed by atoms with Crippen LogP contribution in [0.1, 0.15) is 72.1 Å². The molecule has 1 N–H and O–H groups in total. The minimum atomic E-state index is 0.0000743. The first-order chi connectivity index (χ1) is 8.57. The second-order valence-electron chi connectivity index (χ2n) is 6.56. The third-order valence-corrected chi connectivity index (χ3v) is 4.32. The predicted octanol–water partition coefficient (Wildman–Crippen LogP) is 4.14. The van der Waals surface area contributed by atoms with Crippen LogP contribution in [0.3, 0.4) is 0 Å². The van der Waals surface area contributed by atoms with Crippen molar-refractivity contribution in [2.24, 2.45) is 5.92 Å². The van der Waals surface area contributed by atoms with Crippen LogP contribution in [0.25, 0.3) is 0 Å². The van der Waals surface area contributed by atoms with E-state index < -0.39 is 0 Å². The van der Waals surface area contributed by atoms with Crippen LogP contribution in [-0.2, 0) is 4.74 Å². The summed E-state index contributed by atoms with van der Waals surface area (Å²) in [5.74, 6) is 0.945. The summed E-state index contributed by atoms with van der Waals surface area (Å²) < 4.78 is 5.60. The lowest BCUT2D eigenvalue weighted by Crippen LogP contribution is -2.39. The molecule has 0 bridgehead atoms. The van der Waals surface area contributed by atoms with Crippen LogP contribution < -0.4 is 5.32 Å². The van der Waals surface area contributed by atoms with Gasteiger partial charge in [0, 0.05) is 13.2 Å². The lowest BCUT2D eigenvalue weighted by Gasteiger charge is -2.32. The Morgan fingerprint density at radius 2 is 1.89 bits per heavy atom. The zero-order valence-electron chi connectivity index (χ0n) is 12.9. The zero-order chi connectivity index (χ0) is 13.4. The Hall–Kier alpha value is -0.0800. The highest BCUT2D eigenvalue weighted by Crippen LogP contribution is 2.29. The smallest absolute Gasteiger partial charge is 0.0637 e. The monoisotopic (exact) mass is 255 g/mol. The molecule has 1 aliphatic carbocycles. The van der Waals surface area contributed by atoms with E-state index >= 15 is 0 Å². The van der Waals surface area contributed by atoms with Crippen LogP contribution >= 0.6 is 0 Å². The third-order valence-electron chi connectivity index (χ3n) is 4.32. The highest BCUT2D eigenvalue weighted by atomic mass is 16.5. The summed E-state index contributed by atoms with van der Waals surface area (Å²) in [7, 11) is 1.83. The van der Waals surface area contributed by atoms with Crippen molar-refractivity contribution in [3.8, 4) is 0 Å². The maximum Gasteiger partial charge on any atom is 0.0637 e. The van der Waals surface area contributed by atoms with Gasteiger partial charge in [-0.15, -0.1) is 0 Å². The molecule has 0 aromatic heterocycles. The molecule has 2 heteroatoms. The average molecular weight is 255 g/mol. The fourth-order valence-electron chi connectivity index (χ4n) is 3.09. The van der Waals surface area contributed by atoms with Gasteiger partial charge in [-0.2, -0.15) is 0 Å².